The molecule has 0 radical (unpaired) electrons. The summed E-state index contributed by atoms with van der Waals surface area (Å²) < 4.78 is 37.2. The third kappa shape index (κ3) is 4.65. The number of halogens is 4. The van der Waals surface area contributed by atoms with Crippen LogP contribution >= 0.6 is 23.4 Å². The molecule has 1 aromatic carbocycles. The summed E-state index contributed by atoms with van der Waals surface area (Å²) in [6, 6.07) is 4.10. The minimum Gasteiger partial charge on any atom is -0.481 e. The number of nitriles is 1. The lowest BCUT2D eigenvalue weighted by Crippen LogP contribution is -2.06. The van der Waals surface area contributed by atoms with Gasteiger partial charge >= 0.3 is 11.5 Å². The first-order valence-electron chi connectivity index (χ1n) is 4.86. The number of carboxylic acid groups (broad SMARTS) is 1. The summed E-state index contributed by atoms with van der Waals surface area (Å²) in [5.41, 5.74) is -4.47. The summed E-state index contributed by atoms with van der Waals surface area (Å²) in [5.74, 6) is -1.30. The molecule has 0 aromatic heterocycles. The molecule has 0 aliphatic rings. The van der Waals surface area contributed by atoms with Crippen LogP contribution in [0, 0.1) is 11.3 Å². The van der Waals surface area contributed by atoms with Crippen molar-refractivity contribution < 1.29 is 23.1 Å². The van der Waals surface area contributed by atoms with Gasteiger partial charge in [-0.15, -0.1) is 11.6 Å². The lowest BCUT2D eigenvalue weighted by Gasteiger charge is -2.12. The van der Waals surface area contributed by atoms with E-state index in [1.165, 1.54) is 6.07 Å². The van der Waals surface area contributed by atoms with Crippen molar-refractivity contribution >= 4 is 29.3 Å². The van der Waals surface area contributed by atoms with Crippen LogP contribution in [-0.2, 0) is 17.1 Å². The minimum absolute atomic E-state index is 0.0277. The van der Waals surface area contributed by atoms with Gasteiger partial charge in [0.1, 0.15) is 6.07 Å². The molecule has 0 aliphatic carbocycles. The molecule has 0 bridgehead atoms. The van der Waals surface area contributed by atoms with E-state index in [1.807, 2.05) is 0 Å². The Kier molecular flexibility index (Phi) is 5.09. The zero-order valence-corrected chi connectivity index (χ0v) is 10.9. The largest absolute Gasteiger partial charge is 0.481 e. The Hall–Kier alpha value is -1.39. The highest BCUT2D eigenvalue weighted by molar-refractivity contribution is 8.00. The summed E-state index contributed by atoms with van der Waals surface area (Å²) in [5, 5.41) is 17.6. The van der Waals surface area contributed by atoms with Crippen LogP contribution in [0.4, 0.5) is 13.2 Å². The topological polar surface area (TPSA) is 61.1 Å². The standard InChI is InChI=1S/C11H7ClF3NO2S/c12-4-6-1-7(3-10(17)18)8(5-16)9(2-6)19-11(13,14)15/h1-2H,3-4H2,(H,17,18). The van der Waals surface area contributed by atoms with Crippen molar-refractivity contribution in [2.24, 2.45) is 0 Å². The van der Waals surface area contributed by atoms with E-state index in [0.717, 1.165) is 6.07 Å². The van der Waals surface area contributed by atoms with Crippen molar-refractivity contribution in [3.8, 4) is 6.07 Å². The highest BCUT2D eigenvalue weighted by Gasteiger charge is 2.31. The molecule has 0 spiro atoms. The maximum atomic E-state index is 12.4. The molecule has 8 heteroatoms. The van der Waals surface area contributed by atoms with E-state index in [-0.39, 0.29) is 21.9 Å². The molecular weight excluding hydrogens is 303 g/mol. The predicted octanol–water partition coefficient (Wildman–Crippen LogP) is 3.54. The Morgan fingerprint density at radius 3 is 2.53 bits per heavy atom. The van der Waals surface area contributed by atoms with Crippen molar-refractivity contribution in [2.75, 3.05) is 0 Å². The SMILES string of the molecule is N#Cc1c(CC(=O)O)cc(CCl)cc1SC(F)(F)F. The minimum atomic E-state index is -4.56. The van der Waals surface area contributed by atoms with E-state index in [0.29, 0.717) is 5.56 Å². The first kappa shape index (κ1) is 15.7. The van der Waals surface area contributed by atoms with Crippen molar-refractivity contribution in [1.82, 2.24) is 0 Å². The van der Waals surface area contributed by atoms with Crippen molar-refractivity contribution in [3.63, 3.8) is 0 Å². The molecule has 0 fully saturated rings. The zero-order valence-electron chi connectivity index (χ0n) is 9.29. The number of hydrogen-bond acceptors (Lipinski definition) is 3. The highest BCUT2D eigenvalue weighted by atomic mass is 35.5. The number of thioether (sulfide) groups is 1. The maximum Gasteiger partial charge on any atom is 0.446 e. The van der Waals surface area contributed by atoms with Gasteiger partial charge in [-0.3, -0.25) is 4.79 Å². The van der Waals surface area contributed by atoms with Gasteiger partial charge in [0.25, 0.3) is 0 Å². The highest BCUT2D eigenvalue weighted by Crippen LogP contribution is 2.40. The lowest BCUT2D eigenvalue weighted by atomic mass is 10.0. The molecule has 1 N–H and O–H groups in total. The van der Waals surface area contributed by atoms with Gasteiger partial charge in [-0.25, -0.2) is 0 Å². The van der Waals surface area contributed by atoms with E-state index in [1.54, 1.807) is 6.07 Å². The smallest absolute Gasteiger partial charge is 0.446 e. The summed E-state index contributed by atoms with van der Waals surface area (Å²) in [6.07, 6.45) is -0.529. The van der Waals surface area contributed by atoms with Crippen LogP contribution in [-0.4, -0.2) is 16.6 Å². The quantitative estimate of drug-likeness (QED) is 0.682. The van der Waals surface area contributed by atoms with Gasteiger partial charge in [0.2, 0.25) is 0 Å². The van der Waals surface area contributed by atoms with Crippen LogP contribution in [0.5, 0.6) is 0 Å². The van der Waals surface area contributed by atoms with Crippen molar-refractivity contribution in [3.05, 3.63) is 28.8 Å². The predicted molar refractivity (Wildman–Crippen MR) is 64.0 cm³/mol. The Labute approximate surface area is 116 Å². The average Bonchev–Trinajstić information content (AvgIpc) is 2.25. The number of carboxylic acids is 1. The third-order valence-electron chi connectivity index (χ3n) is 2.08. The fraction of sp³-hybridized carbons (Fsp3) is 0.273. The van der Waals surface area contributed by atoms with E-state index in [2.05, 4.69) is 0 Å². The Balaban J connectivity index is 3.35. The normalized spacial score (nSPS) is 11.1. The fourth-order valence-corrected chi connectivity index (χ4v) is 2.34. The number of benzene rings is 1. The lowest BCUT2D eigenvalue weighted by molar-refractivity contribution is -0.136. The van der Waals surface area contributed by atoms with E-state index in [9.17, 15) is 18.0 Å². The maximum absolute atomic E-state index is 12.4. The third-order valence-corrected chi connectivity index (χ3v) is 3.16. The fourth-order valence-electron chi connectivity index (χ4n) is 1.45. The molecule has 19 heavy (non-hydrogen) atoms. The second-order valence-corrected chi connectivity index (χ2v) is 4.87. The first-order valence-corrected chi connectivity index (χ1v) is 6.21. The van der Waals surface area contributed by atoms with Crippen molar-refractivity contribution in [2.45, 2.75) is 22.7 Å². The number of aliphatic carboxylic acids is 1. The Morgan fingerprint density at radius 2 is 2.11 bits per heavy atom. The van der Waals surface area contributed by atoms with Gasteiger partial charge in [0.05, 0.1) is 12.0 Å². The summed E-state index contributed by atoms with van der Waals surface area (Å²) in [6.45, 7) is 0. The molecule has 0 amide bonds. The van der Waals surface area contributed by atoms with Crippen LogP contribution in [0.2, 0.25) is 0 Å². The van der Waals surface area contributed by atoms with Crippen LogP contribution in [0.25, 0.3) is 0 Å². The second-order valence-electron chi connectivity index (χ2n) is 3.49. The molecule has 1 aromatic rings. The van der Waals surface area contributed by atoms with Gasteiger partial charge in [0.15, 0.2) is 0 Å². The first-order chi connectivity index (χ1) is 8.76. The van der Waals surface area contributed by atoms with Gasteiger partial charge in [0, 0.05) is 10.8 Å². The summed E-state index contributed by atoms with van der Waals surface area (Å²) in [4.78, 5) is 10.3. The molecule has 3 nitrogen and oxygen atoms in total. The molecule has 102 valence electrons. The Bertz CT molecular complexity index is 540. The number of nitrogens with zero attached hydrogens (tertiary/aromatic N) is 1. The number of carbonyl (C=O) groups is 1. The zero-order chi connectivity index (χ0) is 14.6. The molecule has 0 saturated heterocycles. The number of alkyl halides is 4. The van der Waals surface area contributed by atoms with Gasteiger partial charge < -0.3 is 5.11 Å². The van der Waals surface area contributed by atoms with E-state index < -0.39 is 29.7 Å². The molecule has 0 saturated carbocycles. The summed E-state index contributed by atoms with van der Waals surface area (Å²) >= 11 is 5.10. The molecule has 0 aliphatic heterocycles. The molecular formula is C11H7ClF3NO2S. The molecule has 0 heterocycles. The van der Waals surface area contributed by atoms with E-state index >= 15 is 0 Å². The van der Waals surface area contributed by atoms with Crippen LogP contribution in [0.1, 0.15) is 16.7 Å². The van der Waals surface area contributed by atoms with Crippen molar-refractivity contribution in [1.29, 1.82) is 5.26 Å². The van der Waals surface area contributed by atoms with E-state index in [4.69, 9.17) is 22.0 Å². The van der Waals surface area contributed by atoms with Crippen LogP contribution in [0.15, 0.2) is 17.0 Å². The monoisotopic (exact) mass is 309 g/mol. The van der Waals surface area contributed by atoms with Crippen LogP contribution in [0.3, 0.4) is 0 Å². The average molecular weight is 310 g/mol. The number of hydrogen-bond donors (Lipinski definition) is 1. The van der Waals surface area contributed by atoms with Gasteiger partial charge in [-0.1, -0.05) is 6.07 Å². The molecule has 1 rings (SSSR count). The number of rotatable bonds is 4. The summed E-state index contributed by atoms with van der Waals surface area (Å²) in [7, 11) is 0. The molecule has 0 atom stereocenters. The van der Waals surface area contributed by atoms with Gasteiger partial charge in [-0.05, 0) is 29.0 Å². The second kappa shape index (κ2) is 6.17. The Morgan fingerprint density at radius 1 is 1.47 bits per heavy atom. The van der Waals surface area contributed by atoms with Crippen LogP contribution < -0.4 is 0 Å². The molecule has 0 unspecified atom stereocenters. The van der Waals surface area contributed by atoms with Gasteiger partial charge in [-0.2, -0.15) is 18.4 Å².